The van der Waals surface area contributed by atoms with Gasteiger partial charge in [-0.05, 0) is 67.1 Å². The molecule has 158 valence electrons. The summed E-state index contributed by atoms with van der Waals surface area (Å²) in [6.07, 6.45) is 2.97. The Labute approximate surface area is 182 Å². The molecule has 1 fully saturated rings. The van der Waals surface area contributed by atoms with Gasteiger partial charge in [0.1, 0.15) is 5.82 Å². The second kappa shape index (κ2) is 9.69. The Kier molecular flexibility index (Phi) is 6.56. The molecule has 0 atom stereocenters. The third-order valence-corrected chi connectivity index (χ3v) is 6.06. The molecule has 1 saturated heterocycles. The fourth-order valence-electron chi connectivity index (χ4n) is 4.24. The third-order valence-electron chi connectivity index (χ3n) is 6.06. The lowest BCUT2D eigenvalue weighted by molar-refractivity contribution is 0.0649. The summed E-state index contributed by atoms with van der Waals surface area (Å²) in [5.41, 5.74) is 3.60. The maximum atomic E-state index is 13.2. The Morgan fingerprint density at radius 1 is 0.806 bits per heavy atom. The zero-order valence-electron chi connectivity index (χ0n) is 17.5. The van der Waals surface area contributed by atoms with Crippen LogP contribution in [0.15, 0.2) is 78.9 Å². The van der Waals surface area contributed by atoms with E-state index in [0.717, 1.165) is 24.0 Å². The van der Waals surface area contributed by atoms with Crippen LogP contribution in [0.2, 0.25) is 0 Å². The van der Waals surface area contributed by atoms with Gasteiger partial charge in [-0.2, -0.15) is 0 Å². The predicted octanol–water partition coefficient (Wildman–Crippen LogP) is 5.35. The summed E-state index contributed by atoms with van der Waals surface area (Å²) >= 11 is 0. The van der Waals surface area contributed by atoms with Gasteiger partial charge in [0.05, 0.1) is 0 Å². The molecule has 0 aliphatic carbocycles. The van der Waals surface area contributed by atoms with Crippen LogP contribution in [0.4, 0.5) is 4.39 Å². The molecule has 0 unspecified atom stereocenters. The topological polar surface area (TPSA) is 37.4 Å². The number of rotatable bonds is 6. The van der Waals surface area contributed by atoms with E-state index in [9.17, 15) is 14.0 Å². The number of likely N-dealkylation sites (tertiary alicyclic amines) is 1. The number of nitrogens with zero attached hydrogens (tertiary/aromatic N) is 1. The number of carbonyl (C=O) groups is 2. The Morgan fingerprint density at radius 2 is 1.45 bits per heavy atom. The fraction of sp³-hybridized carbons (Fsp3) is 0.259. The van der Waals surface area contributed by atoms with Crippen molar-refractivity contribution in [1.29, 1.82) is 0 Å². The average molecular weight is 416 g/mol. The standard InChI is InChI=1S/C27H26FNO2/c28-24-14-12-22(13-15-24)26(30)23-16-18-29(19-17-23)27(31)25-9-5-4-8-21(25)11-10-20-6-2-1-3-7-20/h1-9,12-15,23H,10-11,16-19H2. The van der Waals surface area contributed by atoms with Crippen molar-refractivity contribution in [1.82, 2.24) is 4.90 Å². The lowest BCUT2D eigenvalue weighted by Crippen LogP contribution is -2.40. The van der Waals surface area contributed by atoms with Gasteiger partial charge in [0.25, 0.3) is 5.91 Å². The lowest BCUT2D eigenvalue weighted by atomic mass is 9.88. The second-order valence-corrected chi connectivity index (χ2v) is 8.08. The van der Waals surface area contributed by atoms with Crippen LogP contribution in [0.3, 0.4) is 0 Å². The molecule has 31 heavy (non-hydrogen) atoms. The minimum atomic E-state index is -0.345. The summed E-state index contributed by atoms with van der Waals surface area (Å²) in [6.45, 7) is 1.12. The number of benzene rings is 3. The summed E-state index contributed by atoms with van der Waals surface area (Å²) in [5, 5.41) is 0. The van der Waals surface area contributed by atoms with Crippen molar-refractivity contribution in [3.63, 3.8) is 0 Å². The first-order valence-electron chi connectivity index (χ1n) is 10.8. The Morgan fingerprint density at radius 3 is 2.16 bits per heavy atom. The maximum Gasteiger partial charge on any atom is 0.254 e. The molecule has 4 heteroatoms. The van der Waals surface area contributed by atoms with Gasteiger partial charge in [-0.25, -0.2) is 4.39 Å². The van der Waals surface area contributed by atoms with E-state index in [1.54, 1.807) is 0 Å². The first-order chi connectivity index (χ1) is 15.1. The fourth-order valence-corrected chi connectivity index (χ4v) is 4.24. The number of amides is 1. The van der Waals surface area contributed by atoms with Gasteiger partial charge >= 0.3 is 0 Å². The molecule has 1 aliphatic rings. The number of Topliss-reactive ketones (excluding diaryl/α,β-unsaturated/α-hetero) is 1. The van der Waals surface area contributed by atoms with Crippen molar-refractivity contribution < 1.29 is 14.0 Å². The molecule has 0 saturated carbocycles. The van der Waals surface area contributed by atoms with Crippen molar-refractivity contribution >= 4 is 11.7 Å². The number of hydrogen-bond acceptors (Lipinski definition) is 2. The van der Waals surface area contributed by atoms with E-state index in [4.69, 9.17) is 0 Å². The molecular formula is C27H26FNO2. The van der Waals surface area contributed by atoms with E-state index in [1.165, 1.54) is 29.8 Å². The largest absolute Gasteiger partial charge is 0.339 e. The molecular weight excluding hydrogens is 389 g/mol. The van der Waals surface area contributed by atoms with Gasteiger partial charge in [0.2, 0.25) is 0 Å². The van der Waals surface area contributed by atoms with Crippen molar-refractivity contribution in [2.24, 2.45) is 5.92 Å². The summed E-state index contributed by atoms with van der Waals surface area (Å²) in [4.78, 5) is 27.8. The SMILES string of the molecule is O=C(c1ccc(F)cc1)C1CCN(C(=O)c2ccccc2CCc2ccccc2)CC1. The molecule has 0 aromatic heterocycles. The van der Waals surface area contributed by atoms with Gasteiger partial charge in [0, 0.05) is 30.1 Å². The van der Waals surface area contributed by atoms with Crippen molar-refractivity contribution in [3.8, 4) is 0 Å². The van der Waals surface area contributed by atoms with Crippen molar-refractivity contribution in [2.75, 3.05) is 13.1 Å². The maximum absolute atomic E-state index is 13.2. The summed E-state index contributed by atoms with van der Waals surface area (Å²) < 4.78 is 13.1. The number of aryl methyl sites for hydroxylation is 2. The molecule has 0 bridgehead atoms. The van der Waals surface area contributed by atoms with E-state index in [0.29, 0.717) is 31.5 Å². The third kappa shape index (κ3) is 5.08. The van der Waals surface area contributed by atoms with Crippen LogP contribution in [-0.4, -0.2) is 29.7 Å². The predicted molar refractivity (Wildman–Crippen MR) is 120 cm³/mol. The minimum absolute atomic E-state index is 0.0374. The van der Waals surface area contributed by atoms with Crippen LogP contribution >= 0.6 is 0 Å². The lowest BCUT2D eigenvalue weighted by Gasteiger charge is -2.32. The smallest absolute Gasteiger partial charge is 0.254 e. The van der Waals surface area contributed by atoms with E-state index in [2.05, 4.69) is 12.1 Å². The van der Waals surface area contributed by atoms with Crippen LogP contribution in [0.25, 0.3) is 0 Å². The number of ketones is 1. The molecule has 1 amide bonds. The normalized spacial score (nSPS) is 14.4. The van der Waals surface area contributed by atoms with Gasteiger partial charge in [-0.3, -0.25) is 9.59 Å². The van der Waals surface area contributed by atoms with Crippen LogP contribution in [0.5, 0.6) is 0 Å². The first kappa shape index (κ1) is 21.0. The minimum Gasteiger partial charge on any atom is -0.339 e. The van der Waals surface area contributed by atoms with E-state index in [1.807, 2.05) is 47.4 Å². The molecule has 1 aliphatic heterocycles. The molecule has 3 nitrogen and oxygen atoms in total. The number of hydrogen-bond donors (Lipinski definition) is 0. The van der Waals surface area contributed by atoms with Crippen LogP contribution in [0.1, 0.15) is 44.7 Å². The highest BCUT2D eigenvalue weighted by Gasteiger charge is 2.29. The number of carbonyl (C=O) groups excluding carboxylic acids is 2. The van der Waals surface area contributed by atoms with Crippen molar-refractivity contribution in [3.05, 3.63) is 107 Å². The second-order valence-electron chi connectivity index (χ2n) is 8.08. The number of piperidine rings is 1. The summed E-state index contributed by atoms with van der Waals surface area (Å²) in [5.74, 6) is -0.391. The van der Waals surface area contributed by atoms with Gasteiger partial charge in [0.15, 0.2) is 5.78 Å². The first-order valence-corrected chi connectivity index (χ1v) is 10.8. The monoisotopic (exact) mass is 415 g/mol. The van der Waals surface area contributed by atoms with Crippen LogP contribution in [0, 0.1) is 11.7 Å². The van der Waals surface area contributed by atoms with E-state index >= 15 is 0 Å². The zero-order valence-corrected chi connectivity index (χ0v) is 17.5. The molecule has 0 N–H and O–H groups in total. The molecule has 0 radical (unpaired) electrons. The molecule has 3 aromatic rings. The number of halogens is 1. The van der Waals surface area contributed by atoms with E-state index in [-0.39, 0.29) is 23.4 Å². The zero-order chi connectivity index (χ0) is 21.6. The highest BCUT2D eigenvalue weighted by atomic mass is 19.1. The van der Waals surface area contributed by atoms with Gasteiger partial charge < -0.3 is 4.90 Å². The van der Waals surface area contributed by atoms with Gasteiger partial charge in [-0.1, -0.05) is 48.5 Å². The molecule has 0 spiro atoms. The van der Waals surface area contributed by atoms with E-state index < -0.39 is 0 Å². The molecule has 3 aromatic carbocycles. The Balaban J connectivity index is 1.38. The quantitative estimate of drug-likeness (QED) is 0.509. The highest BCUT2D eigenvalue weighted by molar-refractivity contribution is 5.98. The Hall–Kier alpha value is -3.27. The Bertz CT molecular complexity index is 1040. The summed E-state index contributed by atoms with van der Waals surface area (Å²) in [7, 11) is 0. The van der Waals surface area contributed by atoms with Gasteiger partial charge in [-0.15, -0.1) is 0 Å². The average Bonchev–Trinajstić information content (AvgIpc) is 2.83. The van der Waals surface area contributed by atoms with Crippen molar-refractivity contribution in [2.45, 2.75) is 25.7 Å². The van der Waals surface area contributed by atoms with Crippen LogP contribution in [-0.2, 0) is 12.8 Å². The highest BCUT2D eigenvalue weighted by Crippen LogP contribution is 2.24. The molecule has 4 rings (SSSR count). The summed E-state index contributed by atoms with van der Waals surface area (Å²) in [6, 6.07) is 23.8. The molecule has 1 heterocycles. The van der Waals surface area contributed by atoms with Crippen LogP contribution < -0.4 is 0 Å².